The topological polar surface area (TPSA) is 87.8 Å². The number of benzene rings is 1. The van der Waals surface area contributed by atoms with Crippen LogP contribution in [0.2, 0.25) is 0 Å². The molecule has 0 spiro atoms. The average molecular weight is 325 g/mol. The summed E-state index contributed by atoms with van der Waals surface area (Å²) in [5, 5.41) is 5.11. The Balaban J connectivity index is 2.23. The van der Waals surface area contributed by atoms with Crippen LogP contribution >= 0.6 is 10.8 Å². The van der Waals surface area contributed by atoms with Crippen molar-refractivity contribution in [3.8, 4) is 0 Å². The minimum Gasteiger partial charge on any atom is -0.465 e. The Morgan fingerprint density at radius 1 is 1.45 bits per heavy atom. The van der Waals surface area contributed by atoms with Crippen molar-refractivity contribution in [2.75, 3.05) is 23.7 Å². The van der Waals surface area contributed by atoms with Gasteiger partial charge in [0.1, 0.15) is 0 Å². The normalized spacial score (nSPS) is 18.6. The van der Waals surface area contributed by atoms with Gasteiger partial charge in [0, 0.05) is 18.5 Å². The second-order valence-electron chi connectivity index (χ2n) is 5.17. The largest absolute Gasteiger partial charge is 0.465 e. The molecule has 1 aromatic heterocycles. The molecule has 0 atom stereocenters. The molecule has 0 unspecified atom stereocenters. The number of nitrogens with zero attached hydrogens (tertiary/aromatic N) is 3. The van der Waals surface area contributed by atoms with Gasteiger partial charge >= 0.3 is 5.97 Å². The molecule has 22 heavy (non-hydrogen) atoms. The molecule has 0 bridgehead atoms. The molecule has 1 saturated heterocycles. The Hall–Kier alpha value is -1.77. The second kappa shape index (κ2) is 5.45. The Kier molecular flexibility index (Phi) is 3.75. The fourth-order valence-electron chi connectivity index (χ4n) is 2.79. The first-order valence-corrected chi connectivity index (χ1v) is 8.76. The lowest BCUT2D eigenvalue weighted by Gasteiger charge is -2.38. The molecule has 1 fully saturated rings. The van der Waals surface area contributed by atoms with Crippen LogP contribution in [0.5, 0.6) is 0 Å². The number of rotatable bonds is 3. The number of anilines is 1. The maximum absolute atomic E-state index is 11.9. The zero-order chi connectivity index (χ0) is 15.9. The summed E-state index contributed by atoms with van der Waals surface area (Å²) in [6.07, 6.45) is 2.40. The molecule has 2 aromatic rings. The molecule has 1 aromatic carbocycles. The summed E-state index contributed by atoms with van der Waals surface area (Å²) >= 11 is 0. The van der Waals surface area contributed by atoms with E-state index in [1.807, 2.05) is 6.92 Å². The number of carbonyl (C=O) groups excluding carboxylic acids is 1. The summed E-state index contributed by atoms with van der Waals surface area (Å²) in [6, 6.07) is 3.37. The van der Waals surface area contributed by atoms with Crippen LogP contribution in [0.25, 0.3) is 10.9 Å². The standard InChI is InChI=1S/C14H19N3O4S/c1-3-16-12-7-10(14(18)21-2)8-13(11(12)9-15-16)17-5-4-6-22(17,19)20/h7-9,19-20H,3-6H2,1-2H3. The third-order valence-corrected chi connectivity index (χ3v) is 5.78. The highest BCUT2D eigenvalue weighted by molar-refractivity contribution is 8.25. The number of aromatic nitrogens is 2. The predicted octanol–water partition coefficient (Wildman–Crippen LogP) is 2.72. The number of aryl methyl sites for hydroxylation is 1. The molecule has 1 aliphatic heterocycles. The highest BCUT2D eigenvalue weighted by Gasteiger charge is 2.31. The van der Waals surface area contributed by atoms with Crippen molar-refractivity contribution >= 4 is 33.3 Å². The first-order valence-electron chi connectivity index (χ1n) is 7.09. The van der Waals surface area contributed by atoms with Gasteiger partial charge in [0.15, 0.2) is 0 Å². The molecule has 0 saturated carbocycles. The summed E-state index contributed by atoms with van der Waals surface area (Å²) in [5.41, 5.74) is 1.78. The molecule has 2 N–H and O–H groups in total. The van der Waals surface area contributed by atoms with Gasteiger partial charge in [-0.05, 0) is 25.5 Å². The summed E-state index contributed by atoms with van der Waals surface area (Å²) in [6.45, 7) is 3.16. The third-order valence-electron chi connectivity index (χ3n) is 3.86. The second-order valence-corrected chi connectivity index (χ2v) is 7.29. The molecule has 0 aliphatic carbocycles. The van der Waals surface area contributed by atoms with E-state index >= 15 is 0 Å². The van der Waals surface area contributed by atoms with Crippen molar-refractivity contribution in [2.45, 2.75) is 19.9 Å². The lowest BCUT2D eigenvalue weighted by atomic mass is 10.1. The van der Waals surface area contributed by atoms with Crippen LogP contribution in [0.15, 0.2) is 18.3 Å². The molecule has 7 nitrogen and oxygen atoms in total. The van der Waals surface area contributed by atoms with Gasteiger partial charge in [0.2, 0.25) is 0 Å². The lowest BCUT2D eigenvalue weighted by molar-refractivity contribution is 0.0601. The van der Waals surface area contributed by atoms with Crippen LogP contribution in [-0.4, -0.2) is 44.3 Å². The smallest absolute Gasteiger partial charge is 0.338 e. The van der Waals surface area contributed by atoms with Crippen molar-refractivity contribution < 1.29 is 18.6 Å². The summed E-state index contributed by atoms with van der Waals surface area (Å²) in [4.78, 5) is 11.9. The van der Waals surface area contributed by atoms with Gasteiger partial charge in [0.05, 0.1) is 35.8 Å². The van der Waals surface area contributed by atoms with E-state index in [4.69, 9.17) is 4.74 Å². The van der Waals surface area contributed by atoms with E-state index in [0.717, 1.165) is 10.9 Å². The Bertz CT molecular complexity index is 728. The molecule has 1 aliphatic rings. The fraction of sp³-hybridized carbons (Fsp3) is 0.429. The molecular weight excluding hydrogens is 306 g/mol. The van der Waals surface area contributed by atoms with Gasteiger partial charge in [-0.1, -0.05) is 0 Å². The van der Waals surface area contributed by atoms with Crippen LogP contribution in [-0.2, 0) is 11.3 Å². The van der Waals surface area contributed by atoms with Crippen LogP contribution in [0.3, 0.4) is 0 Å². The molecule has 0 amide bonds. The molecule has 3 rings (SSSR count). The van der Waals surface area contributed by atoms with Gasteiger partial charge in [-0.2, -0.15) is 5.10 Å². The lowest BCUT2D eigenvalue weighted by Crippen LogP contribution is -2.22. The summed E-state index contributed by atoms with van der Waals surface area (Å²) < 4.78 is 28.6. The quantitative estimate of drug-likeness (QED) is 0.844. The van der Waals surface area contributed by atoms with E-state index in [0.29, 0.717) is 36.5 Å². The van der Waals surface area contributed by atoms with Crippen molar-refractivity contribution in [1.29, 1.82) is 0 Å². The average Bonchev–Trinajstić information content (AvgIpc) is 3.07. The first kappa shape index (κ1) is 15.1. The van der Waals surface area contributed by atoms with E-state index < -0.39 is 16.7 Å². The maximum atomic E-state index is 11.9. The van der Waals surface area contributed by atoms with Crippen molar-refractivity contribution in [2.24, 2.45) is 0 Å². The van der Waals surface area contributed by atoms with Crippen LogP contribution < -0.4 is 4.31 Å². The predicted molar refractivity (Wildman–Crippen MR) is 86.4 cm³/mol. The number of hydrogen-bond donors (Lipinski definition) is 2. The minimum atomic E-state index is -2.83. The third kappa shape index (κ3) is 2.33. The fourth-order valence-corrected chi connectivity index (χ4v) is 4.41. The summed E-state index contributed by atoms with van der Waals surface area (Å²) in [5.74, 6) is -0.110. The Morgan fingerprint density at radius 3 is 2.82 bits per heavy atom. The van der Waals surface area contributed by atoms with Crippen molar-refractivity contribution in [3.63, 3.8) is 0 Å². The van der Waals surface area contributed by atoms with Crippen molar-refractivity contribution in [1.82, 2.24) is 9.78 Å². The molecular formula is C14H19N3O4S. The Morgan fingerprint density at radius 2 is 2.23 bits per heavy atom. The van der Waals surface area contributed by atoms with Crippen LogP contribution in [0.1, 0.15) is 23.7 Å². The number of fused-ring (bicyclic) bond motifs is 1. The van der Waals surface area contributed by atoms with Crippen LogP contribution in [0.4, 0.5) is 5.69 Å². The molecule has 2 heterocycles. The number of carbonyl (C=O) groups is 1. The monoisotopic (exact) mass is 325 g/mol. The zero-order valence-electron chi connectivity index (χ0n) is 12.5. The molecule has 8 heteroatoms. The number of hydrogen-bond acceptors (Lipinski definition) is 6. The zero-order valence-corrected chi connectivity index (χ0v) is 13.3. The van der Waals surface area contributed by atoms with Crippen molar-refractivity contribution in [3.05, 3.63) is 23.9 Å². The minimum absolute atomic E-state index is 0.346. The van der Waals surface area contributed by atoms with E-state index in [2.05, 4.69) is 5.10 Å². The SMILES string of the molecule is CCn1ncc2c(N3CCCS3(O)O)cc(C(=O)OC)cc21. The molecule has 0 radical (unpaired) electrons. The summed E-state index contributed by atoms with van der Waals surface area (Å²) in [7, 11) is -1.51. The van der Waals surface area contributed by atoms with Gasteiger partial charge in [0.25, 0.3) is 0 Å². The van der Waals surface area contributed by atoms with Gasteiger partial charge in [-0.25, -0.2) is 4.79 Å². The first-order chi connectivity index (χ1) is 10.5. The van der Waals surface area contributed by atoms with Gasteiger partial charge < -0.3 is 4.74 Å². The number of ether oxygens (including phenoxy) is 1. The Labute approximate surface area is 130 Å². The van der Waals surface area contributed by atoms with E-state index in [-0.39, 0.29) is 0 Å². The van der Waals surface area contributed by atoms with E-state index in [1.165, 1.54) is 7.11 Å². The maximum Gasteiger partial charge on any atom is 0.338 e. The highest BCUT2D eigenvalue weighted by atomic mass is 32.3. The number of esters is 1. The molecule has 120 valence electrons. The number of methoxy groups -OCH3 is 1. The highest BCUT2D eigenvalue weighted by Crippen LogP contribution is 2.52. The van der Waals surface area contributed by atoms with E-state index in [1.54, 1.807) is 27.3 Å². The van der Waals surface area contributed by atoms with Gasteiger partial charge in [-0.15, -0.1) is 10.8 Å². The van der Waals surface area contributed by atoms with Gasteiger partial charge in [-0.3, -0.25) is 18.1 Å². The van der Waals surface area contributed by atoms with Crippen LogP contribution in [0, 0.1) is 0 Å². The van der Waals surface area contributed by atoms with E-state index in [9.17, 15) is 13.9 Å².